The van der Waals surface area contributed by atoms with E-state index in [0.29, 0.717) is 6.54 Å². The second kappa shape index (κ2) is 3.71. The minimum atomic E-state index is -2.01. The highest BCUT2D eigenvalue weighted by atomic mass is 32.2. The van der Waals surface area contributed by atoms with Gasteiger partial charge in [-0.1, -0.05) is 0 Å². The van der Waals surface area contributed by atoms with Gasteiger partial charge >= 0.3 is 0 Å². The largest absolute Gasteiger partial charge is 0.760 e. The third kappa shape index (κ3) is 1.95. The fourth-order valence-electron chi connectivity index (χ4n) is 0.933. The minimum Gasteiger partial charge on any atom is -0.760 e. The second-order valence-corrected chi connectivity index (χ2v) is 4.33. The smallest absolute Gasteiger partial charge is 0.0277 e. The van der Waals surface area contributed by atoms with Crippen LogP contribution < -0.4 is 0 Å². The molecule has 0 N–H and O–H groups in total. The van der Waals surface area contributed by atoms with Crippen molar-refractivity contribution in [1.29, 1.82) is 0 Å². The molecule has 1 heterocycles. The second-order valence-electron chi connectivity index (χ2n) is 2.28. The van der Waals surface area contributed by atoms with E-state index in [1.807, 2.05) is 18.7 Å². The molecule has 0 aromatic heterocycles. The van der Waals surface area contributed by atoms with Gasteiger partial charge in [0.2, 0.25) is 0 Å². The first-order chi connectivity index (χ1) is 4.72. The summed E-state index contributed by atoms with van der Waals surface area (Å²) < 4.78 is 22.5. The molecule has 1 rings (SSSR count). The molecular formula is C5H10NO2S2-. The zero-order chi connectivity index (χ0) is 7.56. The van der Waals surface area contributed by atoms with Crippen LogP contribution in [0, 0.1) is 0 Å². The Morgan fingerprint density at radius 1 is 1.80 bits per heavy atom. The van der Waals surface area contributed by atoms with Crippen LogP contribution in [-0.2, 0) is 11.3 Å². The van der Waals surface area contributed by atoms with Gasteiger partial charge in [-0.3, -0.25) is 4.21 Å². The quantitative estimate of drug-likeness (QED) is 0.542. The zero-order valence-corrected chi connectivity index (χ0v) is 7.41. The number of nitrogens with zero attached hydrogens (tertiary/aromatic N) is 1. The van der Waals surface area contributed by atoms with E-state index in [-0.39, 0.29) is 6.04 Å². The van der Waals surface area contributed by atoms with E-state index >= 15 is 0 Å². The average molecular weight is 180 g/mol. The lowest BCUT2D eigenvalue weighted by Gasteiger charge is -2.33. The van der Waals surface area contributed by atoms with Gasteiger partial charge < -0.3 is 4.55 Å². The molecule has 0 amide bonds. The Kier molecular flexibility index (Phi) is 3.16. The van der Waals surface area contributed by atoms with Crippen LogP contribution in [0.25, 0.3) is 0 Å². The Balaban J connectivity index is 2.47. The topological polar surface area (TPSA) is 43.4 Å². The molecule has 0 aromatic carbocycles. The van der Waals surface area contributed by atoms with Crippen LogP contribution >= 0.6 is 11.8 Å². The van der Waals surface area contributed by atoms with Gasteiger partial charge in [-0.15, -0.1) is 0 Å². The Morgan fingerprint density at radius 3 is 2.90 bits per heavy atom. The van der Waals surface area contributed by atoms with Crippen molar-refractivity contribution in [3.05, 3.63) is 0 Å². The predicted octanol–water partition coefficient (Wildman–Crippen LogP) is 0.218. The van der Waals surface area contributed by atoms with Crippen molar-refractivity contribution in [2.75, 3.05) is 18.1 Å². The van der Waals surface area contributed by atoms with Gasteiger partial charge in [0, 0.05) is 35.4 Å². The molecule has 1 fully saturated rings. The lowest BCUT2D eigenvalue weighted by molar-refractivity contribution is 0.350. The van der Waals surface area contributed by atoms with E-state index in [4.69, 9.17) is 0 Å². The molecule has 10 heavy (non-hydrogen) atoms. The van der Waals surface area contributed by atoms with Crippen molar-refractivity contribution in [2.45, 2.75) is 13.0 Å². The Hall–Kier alpha value is 0.420. The summed E-state index contributed by atoms with van der Waals surface area (Å²) in [6.07, 6.45) is 0. The normalized spacial score (nSPS) is 32.0. The van der Waals surface area contributed by atoms with E-state index in [9.17, 15) is 8.76 Å². The molecule has 0 aromatic rings. The van der Waals surface area contributed by atoms with E-state index in [0.717, 1.165) is 11.5 Å². The van der Waals surface area contributed by atoms with Gasteiger partial charge in [0.1, 0.15) is 0 Å². The van der Waals surface area contributed by atoms with E-state index in [1.165, 1.54) is 4.31 Å². The summed E-state index contributed by atoms with van der Waals surface area (Å²) in [7, 11) is 0. The summed E-state index contributed by atoms with van der Waals surface area (Å²) in [4.78, 5) is 0. The molecule has 2 atom stereocenters. The van der Waals surface area contributed by atoms with Crippen molar-refractivity contribution in [2.24, 2.45) is 0 Å². The Bertz CT molecular complexity index is 142. The van der Waals surface area contributed by atoms with Crippen molar-refractivity contribution in [3.8, 4) is 0 Å². The molecule has 5 heteroatoms. The molecular weight excluding hydrogens is 170 g/mol. The lowest BCUT2D eigenvalue weighted by atomic mass is 10.4. The maximum absolute atomic E-state index is 10.5. The summed E-state index contributed by atoms with van der Waals surface area (Å²) in [5.74, 6) is 1.85. The van der Waals surface area contributed by atoms with Crippen molar-refractivity contribution < 1.29 is 8.76 Å². The van der Waals surface area contributed by atoms with Gasteiger partial charge in [0.15, 0.2) is 0 Å². The fraction of sp³-hybridized carbons (Fsp3) is 1.00. The first-order valence-corrected chi connectivity index (χ1v) is 5.34. The van der Waals surface area contributed by atoms with Crippen LogP contribution in [0.5, 0.6) is 0 Å². The first-order valence-electron chi connectivity index (χ1n) is 3.15. The minimum absolute atomic E-state index is 0.178. The SMILES string of the molecule is CC1CSCCN1S(=O)[O-]. The van der Waals surface area contributed by atoms with E-state index in [2.05, 4.69) is 0 Å². The number of rotatable bonds is 1. The molecule has 0 spiro atoms. The molecule has 1 saturated heterocycles. The van der Waals surface area contributed by atoms with Crippen molar-refractivity contribution >= 4 is 23.0 Å². The summed E-state index contributed by atoms with van der Waals surface area (Å²) >= 11 is -0.203. The van der Waals surface area contributed by atoms with Crippen molar-refractivity contribution in [1.82, 2.24) is 4.31 Å². The zero-order valence-electron chi connectivity index (χ0n) is 5.78. The van der Waals surface area contributed by atoms with E-state index < -0.39 is 11.3 Å². The third-order valence-corrected chi connectivity index (χ3v) is 3.61. The first kappa shape index (κ1) is 8.52. The van der Waals surface area contributed by atoms with Gasteiger partial charge in [-0.25, -0.2) is 4.31 Å². The Morgan fingerprint density at radius 2 is 2.50 bits per heavy atom. The average Bonchev–Trinajstić information content (AvgIpc) is 1.88. The van der Waals surface area contributed by atoms with Crippen LogP contribution in [0.2, 0.25) is 0 Å². The maximum Gasteiger partial charge on any atom is 0.0277 e. The molecule has 2 unspecified atom stereocenters. The molecule has 1 aliphatic heterocycles. The lowest BCUT2D eigenvalue weighted by Crippen LogP contribution is -2.41. The number of thioether (sulfide) groups is 1. The summed E-state index contributed by atoms with van der Waals surface area (Å²) in [5.41, 5.74) is 0. The van der Waals surface area contributed by atoms with Gasteiger partial charge in [-0.05, 0) is 6.92 Å². The van der Waals surface area contributed by atoms with E-state index in [1.54, 1.807) is 0 Å². The van der Waals surface area contributed by atoms with Crippen LogP contribution in [0.1, 0.15) is 6.92 Å². The maximum atomic E-state index is 10.5. The molecule has 0 saturated carbocycles. The van der Waals surface area contributed by atoms with Crippen molar-refractivity contribution in [3.63, 3.8) is 0 Å². The van der Waals surface area contributed by atoms with Crippen LogP contribution in [-0.4, -0.2) is 37.2 Å². The van der Waals surface area contributed by atoms with Crippen LogP contribution in [0.15, 0.2) is 0 Å². The highest BCUT2D eigenvalue weighted by molar-refractivity contribution is 7.99. The predicted molar refractivity (Wildman–Crippen MR) is 42.4 cm³/mol. The number of hydrogen-bond acceptors (Lipinski definition) is 3. The fourth-order valence-corrected chi connectivity index (χ4v) is 2.77. The molecule has 0 bridgehead atoms. The Labute approximate surface area is 67.6 Å². The molecule has 3 nitrogen and oxygen atoms in total. The van der Waals surface area contributed by atoms with Gasteiger partial charge in [0.05, 0.1) is 0 Å². The third-order valence-electron chi connectivity index (χ3n) is 1.50. The summed E-state index contributed by atoms with van der Waals surface area (Å²) in [6, 6.07) is 0.178. The molecule has 0 aliphatic carbocycles. The highest BCUT2D eigenvalue weighted by Gasteiger charge is 2.18. The summed E-state index contributed by atoms with van der Waals surface area (Å²) in [5, 5.41) is 0. The highest BCUT2D eigenvalue weighted by Crippen LogP contribution is 2.16. The summed E-state index contributed by atoms with van der Waals surface area (Å²) in [6.45, 7) is 2.60. The van der Waals surface area contributed by atoms with Gasteiger partial charge in [-0.2, -0.15) is 11.8 Å². The standard InChI is InChI=1S/C5H11NO2S2/c1-5-4-9-3-2-6(5)10(7)8/h5H,2-4H2,1H3,(H,7,8)/p-1. The van der Waals surface area contributed by atoms with Gasteiger partial charge in [0.25, 0.3) is 0 Å². The van der Waals surface area contributed by atoms with Crippen LogP contribution in [0.3, 0.4) is 0 Å². The molecule has 0 radical (unpaired) electrons. The molecule has 60 valence electrons. The molecule has 1 aliphatic rings. The monoisotopic (exact) mass is 180 g/mol. The number of hydrogen-bond donors (Lipinski definition) is 0. The van der Waals surface area contributed by atoms with Crippen LogP contribution in [0.4, 0.5) is 0 Å².